The zero-order valence-electron chi connectivity index (χ0n) is 18.5. The highest BCUT2D eigenvalue weighted by Gasteiger charge is 2.36. The van der Waals surface area contributed by atoms with Crippen LogP contribution < -0.4 is 19.7 Å². The van der Waals surface area contributed by atoms with Crippen molar-refractivity contribution in [2.24, 2.45) is 0 Å². The number of rotatable bonds is 6. The molecule has 2 aromatic carbocycles. The molecule has 2 amide bonds. The number of morpholine rings is 1. The fraction of sp³-hybridized carbons (Fsp3) is 0.417. The normalized spacial score (nSPS) is 19.9. The Labute approximate surface area is 188 Å². The molecule has 2 heterocycles. The maximum Gasteiger partial charge on any atom is 0.268 e. The van der Waals surface area contributed by atoms with Crippen molar-refractivity contribution in [3.05, 3.63) is 48.5 Å². The first-order valence-electron chi connectivity index (χ1n) is 11.0. The summed E-state index contributed by atoms with van der Waals surface area (Å²) in [5.74, 6) is 0.617. The largest absolute Gasteiger partial charge is 0.482 e. The first kappa shape index (κ1) is 22.0. The lowest BCUT2D eigenvalue weighted by Gasteiger charge is -2.34. The summed E-state index contributed by atoms with van der Waals surface area (Å²) in [4.78, 5) is 29.4. The van der Waals surface area contributed by atoms with Crippen LogP contribution >= 0.6 is 0 Å². The molecule has 1 N–H and O–H groups in total. The molecule has 4 rings (SSSR count). The average Bonchev–Trinajstić information content (AvgIpc) is 2.82. The van der Waals surface area contributed by atoms with Gasteiger partial charge >= 0.3 is 0 Å². The van der Waals surface area contributed by atoms with E-state index in [4.69, 9.17) is 14.2 Å². The highest BCUT2D eigenvalue weighted by molar-refractivity contribution is 5.95. The fourth-order valence-electron chi connectivity index (χ4n) is 3.87. The van der Waals surface area contributed by atoms with Crippen molar-refractivity contribution in [1.29, 1.82) is 0 Å². The molecule has 0 saturated carbocycles. The Morgan fingerprint density at radius 1 is 1.03 bits per heavy atom. The Morgan fingerprint density at radius 2 is 1.69 bits per heavy atom. The number of ether oxygens (including phenoxy) is 3. The number of hydrogen-bond acceptors (Lipinski definition) is 6. The SMILES string of the molecule is CCN(CC(=O)Nc1ccc(N2CCOCC2)cc1)C(=O)C1Oc2ccccc2OC1C. The van der Waals surface area contributed by atoms with Crippen molar-refractivity contribution in [1.82, 2.24) is 4.90 Å². The van der Waals surface area contributed by atoms with Gasteiger partial charge < -0.3 is 29.3 Å². The second-order valence-corrected chi connectivity index (χ2v) is 7.86. The summed E-state index contributed by atoms with van der Waals surface area (Å²) < 4.78 is 17.1. The van der Waals surface area contributed by atoms with Crippen LogP contribution in [0.3, 0.4) is 0 Å². The molecule has 2 unspecified atom stereocenters. The highest BCUT2D eigenvalue weighted by Crippen LogP contribution is 2.33. The van der Waals surface area contributed by atoms with Gasteiger partial charge in [0.15, 0.2) is 11.5 Å². The van der Waals surface area contributed by atoms with Crippen molar-refractivity contribution in [3.8, 4) is 11.5 Å². The van der Waals surface area contributed by atoms with Crippen molar-refractivity contribution >= 4 is 23.2 Å². The fourth-order valence-corrected chi connectivity index (χ4v) is 3.87. The number of nitrogens with one attached hydrogen (secondary N) is 1. The molecule has 8 nitrogen and oxygen atoms in total. The van der Waals surface area contributed by atoms with Gasteiger partial charge in [-0.05, 0) is 50.2 Å². The van der Waals surface area contributed by atoms with E-state index in [-0.39, 0.29) is 18.4 Å². The second-order valence-electron chi connectivity index (χ2n) is 7.86. The molecule has 0 radical (unpaired) electrons. The summed E-state index contributed by atoms with van der Waals surface area (Å²) in [5, 5.41) is 2.87. The molecular formula is C24H29N3O5. The Kier molecular flexibility index (Phi) is 6.80. The van der Waals surface area contributed by atoms with Gasteiger partial charge in [-0.2, -0.15) is 0 Å². The van der Waals surface area contributed by atoms with E-state index in [1.165, 1.54) is 4.90 Å². The van der Waals surface area contributed by atoms with E-state index in [1.807, 2.05) is 49.4 Å². The summed E-state index contributed by atoms with van der Waals surface area (Å²) in [6.07, 6.45) is -1.26. The number of carbonyl (C=O) groups excluding carboxylic acids is 2. The molecule has 8 heteroatoms. The smallest absolute Gasteiger partial charge is 0.268 e. The second kappa shape index (κ2) is 9.91. The summed E-state index contributed by atoms with van der Waals surface area (Å²) >= 11 is 0. The molecule has 0 aromatic heterocycles. The zero-order chi connectivity index (χ0) is 22.5. The molecule has 0 bridgehead atoms. The zero-order valence-corrected chi connectivity index (χ0v) is 18.5. The number of para-hydroxylation sites is 2. The Morgan fingerprint density at radius 3 is 2.34 bits per heavy atom. The van der Waals surface area contributed by atoms with Crippen LogP contribution in [0.2, 0.25) is 0 Å². The number of anilines is 2. The van der Waals surface area contributed by atoms with E-state index in [2.05, 4.69) is 10.2 Å². The van der Waals surface area contributed by atoms with Crippen LogP contribution in [-0.4, -0.2) is 68.3 Å². The summed E-state index contributed by atoms with van der Waals surface area (Å²) in [7, 11) is 0. The molecule has 0 spiro atoms. The lowest BCUT2D eigenvalue weighted by atomic mass is 10.1. The van der Waals surface area contributed by atoms with Crippen LogP contribution in [0.5, 0.6) is 11.5 Å². The van der Waals surface area contributed by atoms with Crippen LogP contribution in [0, 0.1) is 0 Å². The van der Waals surface area contributed by atoms with Crippen molar-refractivity contribution in [2.45, 2.75) is 26.1 Å². The number of likely N-dealkylation sites (N-methyl/N-ethyl adjacent to an activating group) is 1. The van der Waals surface area contributed by atoms with Crippen LogP contribution in [0.25, 0.3) is 0 Å². The van der Waals surface area contributed by atoms with Crippen LogP contribution in [0.15, 0.2) is 48.5 Å². The predicted molar refractivity (Wildman–Crippen MR) is 121 cm³/mol. The van der Waals surface area contributed by atoms with E-state index in [0.29, 0.717) is 23.7 Å². The number of fused-ring (bicyclic) bond motifs is 1. The van der Waals surface area contributed by atoms with Crippen molar-refractivity contribution < 1.29 is 23.8 Å². The molecule has 2 aliphatic heterocycles. The number of amides is 2. The summed E-state index contributed by atoms with van der Waals surface area (Å²) in [5.41, 5.74) is 1.79. The van der Waals surface area contributed by atoms with Crippen LogP contribution in [0.1, 0.15) is 13.8 Å². The predicted octanol–water partition coefficient (Wildman–Crippen LogP) is 2.54. The third-order valence-corrected chi connectivity index (χ3v) is 5.64. The van der Waals surface area contributed by atoms with E-state index in [1.54, 1.807) is 13.0 Å². The molecule has 1 fully saturated rings. The average molecular weight is 440 g/mol. The van der Waals surface area contributed by atoms with Crippen LogP contribution in [-0.2, 0) is 14.3 Å². The molecule has 2 aromatic rings. The highest BCUT2D eigenvalue weighted by atomic mass is 16.6. The standard InChI is InChI=1S/C24H29N3O5/c1-3-26(24(29)23-17(2)31-20-6-4-5-7-21(20)32-23)16-22(28)25-18-8-10-19(11-9-18)27-12-14-30-15-13-27/h4-11,17,23H,3,12-16H2,1-2H3,(H,25,28). The first-order valence-corrected chi connectivity index (χ1v) is 11.0. The lowest BCUT2D eigenvalue weighted by Crippen LogP contribution is -2.52. The minimum absolute atomic E-state index is 0.0607. The van der Waals surface area contributed by atoms with Crippen molar-refractivity contribution in [3.63, 3.8) is 0 Å². The molecule has 0 aliphatic carbocycles. The number of hydrogen-bond donors (Lipinski definition) is 1. The van der Waals surface area contributed by atoms with Crippen molar-refractivity contribution in [2.75, 3.05) is 49.6 Å². The Bertz CT molecular complexity index is 943. The monoisotopic (exact) mass is 439 g/mol. The molecule has 170 valence electrons. The summed E-state index contributed by atoms with van der Waals surface area (Å²) in [6.45, 7) is 7.11. The summed E-state index contributed by atoms with van der Waals surface area (Å²) in [6, 6.07) is 15.0. The third-order valence-electron chi connectivity index (χ3n) is 5.64. The van der Waals surface area contributed by atoms with Gasteiger partial charge in [-0.25, -0.2) is 0 Å². The number of benzene rings is 2. The molecular weight excluding hydrogens is 410 g/mol. The topological polar surface area (TPSA) is 80.3 Å². The van der Waals surface area contributed by atoms with Crippen LogP contribution in [0.4, 0.5) is 11.4 Å². The lowest BCUT2D eigenvalue weighted by molar-refractivity contribution is -0.146. The molecule has 1 saturated heterocycles. The number of carbonyl (C=O) groups is 2. The maximum absolute atomic E-state index is 13.1. The van der Waals surface area contributed by atoms with Gasteiger partial charge in [0.1, 0.15) is 6.10 Å². The van der Waals surface area contributed by atoms with Gasteiger partial charge in [0.25, 0.3) is 5.91 Å². The maximum atomic E-state index is 13.1. The van der Waals surface area contributed by atoms with Gasteiger partial charge in [0.2, 0.25) is 12.0 Å². The quantitative estimate of drug-likeness (QED) is 0.745. The Balaban J connectivity index is 1.35. The Hall–Kier alpha value is -3.26. The van der Waals surface area contributed by atoms with E-state index >= 15 is 0 Å². The minimum Gasteiger partial charge on any atom is -0.482 e. The minimum atomic E-state index is -0.801. The number of nitrogens with zero attached hydrogens (tertiary/aromatic N) is 2. The van der Waals surface area contributed by atoms with Gasteiger partial charge in [-0.15, -0.1) is 0 Å². The first-order chi connectivity index (χ1) is 15.5. The molecule has 32 heavy (non-hydrogen) atoms. The van der Waals surface area contributed by atoms with E-state index < -0.39 is 12.2 Å². The molecule has 2 aliphatic rings. The van der Waals surface area contributed by atoms with Gasteiger partial charge in [0.05, 0.1) is 19.8 Å². The third kappa shape index (κ3) is 4.96. The van der Waals surface area contributed by atoms with E-state index in [9.17, 15) is 9.59 Å². The van der Waals surface area contributed by atoms with Gasteiger partial charge in [-0.1, -0.05) is 12.1 Å². The van der Waals surface area contributed by atoms with Gasteiger partial charge in [-0.3, -0.25) is 9.59 Å². The molecule has 2 atom stereocenters. The van der Waals surface area contributed by atoms with Gasteiger partial charge in [0, 0.05) is 31.0 Å². The van der Waals surface area contributed by atoms with E-state index in [0.717, 1.165) is 32.0 Å².